The number of carbonyl (C=O) groups is 2. The Labute approximate surface area is 353 Å². The van der Waals surface area contributed by atoms with E-state index in [4.69, 9.17) is 9.26 Å². The lowest BCUT2D eigenvalue weighted by Crippen LogP contribution is -2.52. The number of β-amino-alcohol motifs (C(OH)–C–C–N with tert-alkyl or cyclic N) is 1. The number of nitrogens with zero attached hydrogens (tertiary/aromatic N) is 6. The largest absolute Gasteiger partial charge is 0.507 e. The number of aromatic nitrogens is 5. The minimum absolute atomic E-state index is 0.0442. The first-order valence-electron chi connectivity index (χ1n) is 20.5. The maximum absolute atomic E-state index is 14.3. The highest BCUT2D eigenvalue weighted by molar-refractivity contribution is 7.13. The summed E-state index contributed by atoms with van der Waals surface area (Å²) >= 11 is 1.59. The summed E-state index contributed by atoms with van der Waals surface area (Å²) in [6, 6.07) is 18.0. The standard InChI is InChI=1S/C45H52N8O6S/c1-25(2)39(44(57)53-23-31(54)19-35(53)43(56)48-45(5,6)30-13-11-28(12-14-30)41-27(4)46-24-60-41)37-21-38(51-59-37)58-18-17-52-16-15-29(22-52)40-26(3)33-20-34(49-50-42(33)47-40)32-9-7-8-10-36(32)55/h7-14,20-21,24-25,29,31,35,39,54-55H,15-19,22-23H2,1-6H3,(H,47,50)(H,48,56)/t29-,31+,35-,39+/m0/s1. The number of aromatic hydroxyl groups is 1. The highest BCUT2D eigenvalue weighted by atomic mass is 32.1. The van der Waals surface area contributed by atoms with E-state index in [0.29, 0.717) is 36.0 Å². The number of phenolic OH excluding ortho intramolecular Hbond substituents is 1. The Bertz CT molecular complexity index is 2490. The molecule has 2 aliphatic rings. The van der Waals surface area contributed by atoms with Crippen LogP contribution >= 0.6 is 11.3 Å². The van der Waals surface area contributed by atoms with E-state index >= 15 is 0 Å². The van der Waals surface area contributed by atoms with Crippen molar-refractivity contribution in [3.8, 4) is 33.3 Å². The number of aliphatic hydroxyl groups excluding tert-OH is 1. The topological polar surface area (TPSA) is 183 Å². The number of para-hydroxylation sites is 1. The third kappa shape index (κ3) is 8.25. The second-order valence-corrected chi connectivity index (χ2v) is 17.8. The molecule has 0 aliphatic carbocycles. The summed E-state index contributed by atoms with van der Waals surface area (Å²) in [5.41, 5.74) is 8.32. The Hall–Kier alpha value is -5.64. The second kappa shape index (κ2) is 16.8. The molecule has 314 valence electrons. The highest BCUT2D eigenvalue weighted by Gasteiger charge is 2.44. The van der Waals surface area contributed by atoms with Gasteiger partial charge in [0.15, 0.2) is 11.4 Å². The van der Waals surface area contributed by atoms with Crippen LogP contribution in [0.4, 0.5) is 0 Å². The van der Waals surface area contributed by atoms with Crippen molar-refractivity contribution in [3.63, 3.8) is 0 Å². The number of hydrogen-bond donors (Lipinski definition) is 4. The van der Waals surface area contributed by atoms with Gasteiger partial charge in [-0.05, 0) is 86.6 Å². The van der Waals surface area contributed by atoms with E-state index in [1.54, 1.807) is 29.5 Å². The van der Waals surface area contributed by atoms with E-state index in [9.17, 15) is 19.8 Å². The van der Waals surface area contributed by atoms with Crippen molar-refractivity contribution in [1.82, 2.24) is 40.4 Å². The van der Waals surface area contributed by atoms with Crippen molar-refractivity contribution in [3.05, 3.63) is 94.4 Å². The zero-order chi connectivity index (χ0) is 42.3. The normalized spacial score (nSPS) is 19.1. The molecule has 0 unspecified atom stereocenters. The Morgan fingerprint density at radius 2 is 1.87 bits per heavy atom. The molecule has 4 aromatic heterocycles. The average molecular weight is 833 g/mol. The summed E-state index contributed by atoms with van der Waals surface area (Å²) in [5, 5.41) is 38.2. The van der Waals surface area contributed by atoms with Crippen LogP contribution in [0.15, 0.2) is 70.7 Å². The van der Waals surface area contributed by atoms with Crippen molar-refractivity contribution in [2.75, 3.05) is 32.8 Å². The van der Waals surface area contributed by atoms with Crippen molar-refractivity contribution in [2.24, 2.45) is 5.92 Å². The minimum atomic E-state index is -0.850. The molecule has 0 radical (unpaired) electrons. The first kappa shape index (κ1) is 41.1. The Kier molecular flexibility index (Phi) is 11.5. The van der Waals surface area contributed by atoms with Gasteiger partial charge >= 0.3 is 0 Å². The van der Waals surface area contributed by atoms with Crippen molar-refractivity contribution < 1.29 is 29.1 Å². The van der Waals surface area contributed by atoms with E-state index in [-0.39, 0.29) is 42.4 Å². The fourth-order valence-corrected chi connectivity index (χ4v) is 9.52. The first-order chi connectivity index (χ1) is 28.8. The molecule has 4 N–H and O–H groups in total. The van der Waals surface area contributed by atoms with E-state index in [2.05, 4.69) is 42.5 Å². The van der Waals surface area contributed by atoms with Crippen molar-refractivity contribution >= 4 is 34.2 Å². The summed E-state index contributed by atoms with van der Waals surface area (Å²) in [5.74, 6) is -0.448. The zero-order valence-electron chi connectivity index (χ0n) is 34.8. The molecule has 15 heteroatoms. The van der Waals surface area contributed by atoms with E-state index in [0.717, 1.165) is 63.5 Å². The summed E-state index contributed by atoms with van der Waals surface area (Å²) in [6.45, 7) is 14.6. The fourth-order valence-electron chi connectivity index (χ4n) is 8.70. The number of thiazole rings is 1. The molecule has 2 fully saturated rings. The van der Waals surface area contributed by atoms with E-state index in [1.165, 1.54) is 4.90 Å². The van der Waals surface area contributed by atoms with Crippen molar-refractivity contribution in [1.29, 1.82) is 0 Å². The van der Waals surface area contributed by atoms with Crippen LogP contribution < -0.4 is 10.1 Å². The molecular weight excluding hydrogens is 781 g/mol. The van der Waals surface area contributed by atoms with Gasteiger partial charge in [0.2, 0.25) is 11.8 Å². The lowest BCUT2D eigenvalue weighted by molar-refractivity contribution is -0.141. The lowest BCUT2D eigenvalue weighted by atomic mass is 9.91. The number of aliphatic hydroxyl groups is 1. The van der Waals surface area contributed by atoms with Gasteiger partial charge < -0.3 is 34.7 Å². The quantitative estimate of drug-likeness (QED) is 0.0974. The smallest absolute Gasteiger partial charge is 0.254 e. The highest BCUT2D eigenvalue weighted by Crippen LogP contribution is 2.36. The van der Waals surface area contributed by atoms with Crippen molar-refractivity contribution in [2.45, 2.75) is 83.9 Å². The average Bonchev–Trinajstić information content (AvgIpc) is 4.08. The predicted octanol–water partition coefficient (Wildman–Crippen LogP) is 6.68. The van der Waals surface area contributed by atoms with Gasteiger partial charge in [0.25, 0.3) is 5.88 Å². The van der Waals surface area contributed by atoms with Crippen LogP contribution in [0, 0.1) is 19.8 Å². The Balaban J connectivity index is 0.869. The number of nitrogens with one attached hydrogen (secondary N) is 2. The molecule has 0 spiro atoms. The molecule has 14 nitrogen and oxygen atoms in total. The number of aryl methyl sites for hydroxylation is 2. The lowest BCUT2D eigenvalue weighted by Gasteiger charge is -2.32. The molecule has 0 saturated carbocycles. The maximum Gasteiger partial charge on any atom is 0.254 e. The van der Waals surface area contributed by atoms with Gasteiger partial charge in [-0.3, -0.25) is 14.5 Å². The third-order valence-corrected chi connectivity index (χ3v) is 13.0. The van der Waals surface area contributed by atoms with Gasteiger partial charge in [-0.1, -0.05) is 50.2 Å². The number of benzene rings is 2. The van der Waals surface area contributed by atoms with Gasteiger partial charge in [0.05, 0.1) is 33.4 Å². The number of carbonyl (C=O) groups excluding carboxylic acids is 2. The molecule has 0 bridgehead atoms. The molecule has 4 atom stereocenters. The molecule has 2 aromatic carbocycles. The van der Waals surface area contributed by atoms with Crippen LogP contribution in [0.25, 0.3) is 32.7 Å². The number of hydrogen-bond acceptors (Lipinski definition) is 12. The summed E-state index contributed by atoms with van der Waals surface area (Å²) in [4.78, 5) is 40.9. The number of aromatic amines is 1. The molecular formula is C45H52N8O6S. The monoisotopic (exact) mass is 832 g/mol. The summed E-state index contributed by atoms with van der Waals surface area (Å²) in [7, 11) is 0. The molecule has 2 saturated heterocycles. The summed E-state index contributed by atoms with van der Waals surface area (Å²) in [6.07, 6.45) is 0.277. The number of phenols is 1. The van der Waals surface area contributed by atoms with E-state index in [1.807, 2.05) is 82.6 Å². The number of ether oxygens (including phenoxy) is 1. The van der Waals surface area contributed by atoms with Crippen LogP contribution in [0.2, 0.25) is 0 Å². The number of fused-ring (bicyclic) bond motifs is 1. The molecule has 6 heterocycles. The molecule has 2 aliphatic heterocycles. The van der Waals surface area contributed by atoms with Crippen LogP contribution in [0.3, 0.4) is 0 Å². The van der Waals surface area contributed by atoms with Gasteiger partial charge in [0, 0.05) is 54.7 Å². The van der Waals surface area contributed by atoms with Gasteiger partial charge in [-0.15, -0.1) is 21.5 Å². The predicted molar refractivity (Wildman–Crippen MR) is 229 cm³/mol. The van der Waals surface area contributed by atoms with Crippen LogP contribution in [-0.2, 0) is 15.1 Å². The van der Waals surface area contributed by atoms with Gasteiger partial charge in [-0.2, -0.15) is 0 Å². The zero-order valence-corrected chi connectivity index (χ0v) is 35.6. The number of H-pyrrole nitrogens is 1. The Morgan fingerprint density at radius 3 is 2.60 bits per heavy atom. The SMILES string of the molecule is Cc1ncsc1-c1ccc(C(C)(C)NC(=O)[C@@H]2C[C@@H](O)CN2C(=O)[C@@H](c2cc(OCCN3CC[C@H](c4[nH]c5nnc(-c6ccccc6O)cc5c4C)C3)no2)C(C)C)cc1. The number of amides is 2. The Morgan fingerprint density at radius 1 is 1.08 bits per heavy atom. The number of likely N-dealkylation sites (tertiary alicyclic amines) is 2. The molecule has 6 aromatic rings. The minimum Gasteiger partial charge on any atom is -0.507 e. The molecule has 2 amide bonds. The van der Waals surface area contributed by atoms with Crippen LogP contribution in [-0.4, -0.2) is 102 Å². The second-order valence-electron chi connectivity index (χ2n) is 17.0. The molecule has 8 rings (SSSR count). The fraction of sp³-hybridized carbons (Fsp3) is 0.422. The van der Waals surface area contributed by atoms with E-state index < -0.39 is 23.6 Å². The van der Waals surface area contributed by atoms with Crippen LogP contribution in [0.1, 0.15) is 80.6 Å². The van der Waals surface area contributed by atoms with Gasteiger partial charge in [0.1, 0.15) is 24.3 Å². The first-order valence-corrected chi connectivity index (χ1v) is 21.4. The molecule has 60 heavy (non-hydrogen) atoms. The third-order valence-electron chi connectivity index (χ3n) is 12.0. The number of rotatable bonds is 13. The van der Waals surface area contributed by atoms with Crippen LogP contribution in [0.5, 0.6) is 11.6 Å². The maximum atomic E-state index is 14.3. The summed E-state index contributed by atoms with van der Waals surface area (Å²) < 4.78 is 11.8. The van der Waals surface area contributed by atoms with Gasteiger partial charge in [-0.25, -0.2) is 4.98 Å².